The first-order valence-corrected chi connectivity index (χ1v) is 6.96. The lowest BCUT2D eigenvalue weighted by Crippen LogP contribution is -2.48. The minimum absolute atomic E-state index is 0.303. The second kappa shape index (κ2) is 6.50. The van der Waals surface area contributed by atoms with Gasteiger partial charge >= 0.3 is 6.61 Å². The van der Waals surface area contributed by atoms with Crippen LogP contribution >= 0.6 is 0 Å². The van der Waals surface area contributed by atoms with E-state index in [4.69, 9.17) is 0 Å². The number of piperazine rings is 1. The van der Waals surface area contributed by atoms with Crippen LogP contribution in [0.25, 0.3) is 0 Å². The van der Waals surface area contributed by atoms with Crippen LogP contribution in [0.3, 0.4) is 0 Å². The van der Waals surface area contributed by atoms with Crippen molar-refractivity contribution < 1.29 is 13.5 Å². The van der Waals surface area contributed by atoms with Crippen molar-refractivity contribution in [3.63, 3.8) is 0 Å². The summed E-state index contributed by atoms with van der Waals surface area (Å²) in [6.45, 7) is 6.89. The average Bonchev–Trinajstić information content (AvgIpc) is 2.33. The third kappa shape index (κ3) is 3.90. The van der Waals surface area contributed by atoms with E-state index in [0.29, 0.717) is 11.8 Å². The van der Waals surface area contributed by atoms with Crippen LogP contribution in [0.5, 0.6) is 5.75 Å². The molecule has 0 aliphatic carbocycles. The van der Waals surface area contributed by atoms with Crippen molar-refractivity contribution in [2.75, 3.05) is 19.6 Å². The SMILES string of the molecule is Cc1cc(CN2CCN[C@@H](C)C2)cc(C)c1OC(F)F. The van der Waals surface area contributed by atoms with Gasteiger partial charge in [-0.1, -0.05) is 12.1 Å². The lowest BCUT2D eigenvalue weighted by atomic mass is 10.0. The number of nitrogens with one attached hydrogen (secondary N) is 1. The molecule has 1 atom stereocenters. The van der Waals surface area contributed by atoms with E-state index < -0.39 is 6.61 Å². The second-order valence-corrected chi connectivity index (χ2v) is 5.53. The van der Waals surface area contributed by atoms with E-state index in [1.165, 1.54) is 0 Å². The van der Waals surface area contributed by atoms with Crippen molar-refractivity contribution in [2.24, 2.45) is 0 Å². The number of alkyl halides is 2. The summed E-state index contributed by atoms with van der Waals surface area (Å²) >= 11 is 0. The monoisotopic (exact) mass is 284 g/mol. The molecule has 0 radical (unpaired) electrons. The zero-order chi connectivity index (χ0) is 14.7. The standard InChI is InChI=1S/C15H22F2N2O/c1-10-6-13(7-11(2)14(10)20-15(16)17)9-19-5-4-18-12(3)8-19/h6-7,12,15,18H,4-5,8-9H2,1-3H3/t12-/m0/s1. The second-order valence-electron chi connectivity index (χ2n) is 5.53. The smallest absolute Gasteiger partial charge is 0.387 e. The van der Waals surface area contributed by atoms with E-state index in [1.807, 2.05) is 26.0 Å². The highest BCUT2D eigenvalue weighted by Gasteiger charge is 2.17. The van der Waals surface area contributed by atoms with E-state index in [1.54, 1.807) is 0 Å². The average molecular weight is 284 g/mol. The van der Waals surface area contributed by atoms with Crippen LogP contribution < -0.4 is 10.1 Å². The molecule has 1 heterocycles. The third-order valence-corrected chi connectivity index (χ3v) is 3.59. The highest BCUT2D eigenvalue weighted by atomic mass is 19.3. The highest BCUT2D eigenvalue weighted by molar-refractivity contribution is 5.43. The topological polar surface area (TPSA) is 24.5 Å². The van der Waals surface area contributed by atoms with Gasteiger partial charge in [0.15, 0.2) is 0 Å². The predicted octanol–water partition coefficient (Wildman–Crippen LogP) is 2.70. The van der Waals surface area contributed by atoms with E-state index in [9.17, 15) is 8.78 Å². The lowest BCUT2D eigenvalue weighted by Gasteiger charge is -2.32. The van der Waals surface area contributed by atoms with Crippen LogP contribution in [-0.2, 0) is 6.54 Å². The van der Waals surface area contributed by atoms with Gasteiger partial charge in [0, 0.05) is 32.2 Å². The van der Waals surface area contributed by atoms with Crippen LogP contribution in [0.4, 0.5) is 8.78 Å². The fourth-order valence-corrected chi connectivity index (χ4v) is 2.82. The largest absolute Gasteiger partial charge is 0.434 e. The maximum Gasteiger partial charge on any atom is 0.387 e. The van der Waals surface area contributed by atoms with Gasteiger partial charge in [0.2, 0.25) is 0 Å². The molecule has 1 aliphatic heterocycles. The Kier molecular flexibility index (Phi) is 4.94. The molecule has 1 aromatic rings. The van der Waals surface area contributed by atoms with Gasteiger partial charge in [0.05, 0.1) is 0 Å². The molecular formula is C15H22F2N2O. The maximum absolute atomic E-state index is 12.4. The number of nitrogens with zero attached hydrogens (tertiary/aromatic N) is 1. The Morgan fingerprint density at radius 2 is 2.00 bits per heavy atom. The summed E-state index contributed by atoms with van der Waals surface area (Å²) in [6.07, 6.45) is 0. The Morgan fingerprint density at radius 3 is 2.55 bits per heavy atom. The Labute approximate surface area is 118 Å². The first-order valence-electron chi connectivity index (χ1n) is 6.96. The first-order chi connectivity index (χ1) is 9.45. The molecule has 1 aliphatic rings. The molecule has 112 valence electrons. The molecule has 2 rings (SSSR count). The molecule has 0 amide bonds. The number of hydrogen-bond acceptors (Lipinski definition) is 3. The van der Waals surface area contributed by atoms with Crippen molar-refractivity contribution in [1.82, 2.24) is 10.2 Å². The van der Waals surface area contributed by atoms with Crippen molar-refractivity contribution in [3.8, 4) is 5.75 Å². The van der Waals surface area contributed by atoms with Crippen molar-refractivity contribution in [3.05, 3.63) is 28.8 Å². The third-order valence-electron chi connectivity index (χ3n) is 3.59. The van der Waals surface area contributed by atoms with Gasteiger partial charge in [0.25, 0.3) is 0 Å². The minimum atomic E-state index is -2.77. The fourth-order valence-electron chi connectivity index (χ4n) is 2.82. The Hall–Kier alpha value is -1.20. The fraction of sp³-hybridized carbons (Fsp3) is 0.600. The van der Waals surface area contributed by atoms with Gasteiger partial charge in [-0.05, 0) is 37.5 Å². The maximum atomic E-state index is 12.4. The van der Waals surface area contributed by atoms with E-state index in [0.717, 1.165) is 42.9 Å². The van der Waals surface area contributed by atoms with Crippen LogP contribution in [0.15, 0.2) is 12.1 Å². The summed E-state index contributed by atoms with van der Waals surface area (Å²) in [5, 5.41) is 3.41. The van der Waals surface area contributed by atoms with E-state index in [-0.39, 0.29) is 0 Å². The number of rotatable bonds is 4. The molecular weight excluding hydrogens is 262 g/mol. The molecule has 20 heavy (non-hydrogen) atoms. The molecule has 0 aromatic heterocycles. The Bertz CT molecular complexity index is 442. The van der Waals surface area contributed by atoms with E-state index >= 15 is 0 Å². The summed E-state index contributed by atoms with van der Waals surface area (Å²) in [7, 11) is 0. The zero-order valence-electron chi connectivity index (χ0n) is 12.2. The van der Waals surface area contributed by atoms with Gasteiger partial charge < -0.3 is 10.1 Å². The first kappa shape index (κ1) is 15.2. The Balaban J connectivity index is 2.09. The number of halogens is 2. The molecule has 1 saturated heterocycles. The number of benzene rings is 1. The predicted molar refractivity (Wildman–Crippen MR) is 75.3 cm³/mol. The summed E-state index contributed by atoms with van der Waals surface area (Å²) in [5.74, 6) is 0.303. The van der Waals surface area contributed by atoms with Crippen LogP contribution in [0.2, 0.25) is 0 Å². The Morgan fingerprint density at radius 1 is 1.35 bits per heavy atom. The summed E-state index contributed by atoms with van der Waals surface area (Å²) in [6, 6.07) is 4.38. The quantitative estimate of drug-likeness (QED) is 0.920. The van der Waals surface area contributed by atoms with Crippen LogP contribution in [0, 0.1) is 13.8 Å². The molecule has 3 nitrogen and oxygen atoms in total. The van der Waals surface area contributed by atoms with Crippen molar-refractivity contribution in [2.45, 2.75) is 40.0 Å². The van der Waals surface area contributed by atoms with Crippen molar-refractivity contribution in [1.29, 1.82) is 0 Å². The molecule has 5 heteroatoms. The zero-order valence-corrected chi connectivity index (χ0v) is 12.2. The molecule has 1 aromatic carbocycles. The van der Waals surface area contributed by atoms with Gasteiger partial charge in [-0.25, -0.2) is 0 Å². The number of hydrogen-bond donors (Lipinski definition) is 1. The lowest BCUT2D eigenvalue weighted by molar-refractivity contribution is -0.0507. The van der Waals surface area contributed by atoms with Gasteiger partial charge in [-0.3, -0.25) is 4.90 Å². The number of aryl methyl sites for hydroxylation is 2. The molecule has 0 spiro atoms. The molecule has 0 saturated carbocycles. The van der Waals surface area contributed by atoms with Crippen LogP contribution in [0.1, 0.15) is 23.6 Å². The molecule has 0 unspecified atom stereocenters. The minimum Gasteiger partial charge on any atom is -0.434 e. The van der Waals surface area contributed by atoms with Gasteiger partial charge in [0.1, 0.15) is 5.75 Å². The molecule has 1 N–H and O–H groups in total. The normalized spacial score (nSPS) is 20.4. The highest BCUT2D eigenvalue weighted by Crippen LogP contribution is 2.27. The summed E-state index contributed by atoms with van der Waals surface area (Å²) in [4.78, 5) is 2.38. The number of ether oxygens (including phenoxy) is 1. The summed E-state index contributed by atoms with van der Waals surface area (Å²) in [5.41, 5.74) is 2.68. The van der Waals surface area contributed by atoms with E-state index in [2.05, 4.69) is 21.9 Å². The van der Waals surface area contributed by atoms with Crippen LogP contribution in [-0.4, -0.2) is 37.2 Å². The van der Waals surface area contributed by atoms with Gasteiger partial charge in [-0.2, -0.15) is 8.78 Å². The molecule has 0 bridgehead atoms. The van der Waals surface area contributed by atoms with Gasteiger partial charge in [-0.15, -0.1) is 0 Å². The summed E-state index contributed by atoms with van der Waals surface area (Å²) < 4.78 is 29.3. The van der Waals surface area contributed by atoms with Crippen molar-refractivity contribution >= 4 is 0 Å². The molecule has 1 fully saturated rings.